The van der Waals surface area contributed by atoms with E-state index >= 15 is 0 Å². The van der Waals surface area contributed by atoms with Crippen LogP contribution in [-0.4, -0.2) is 35.2 Å². The van der Waals surface area contributed by atoms with Gasteiger partial charge in [0, 0.05) is 31.7 Å². The Bertz CT molecular complexity index is 816. The number of hydrogen-bond acceptors (Lipinski definition) is 5. The molecule has 0 unspecified atom stereocenters. The van der Waals surface area contributed by atoms with Crippen LogP contribution >= 0.6 is 0 Å². The molecule has 1 aliphatic rings. The summed E-state index contributed by atoms with van der Waals surface area (Å²) in [7, 11) is 1.62. The summed E-state index contributed by atoms with van der Waals surface area (Å²) in [4.78, 5) is 25.0. The van der Waals surface area contributed by atoms with Crippen molar-refractivity contribution in [3.05, 3.63) is 35.0 Å². The number of furan rings is 1. The van der Waals surface area contributed by atoms with Crippen molar-refractivity contribution in [2.45, 2.75) is 40.2 Å². The molecule has 0 radical (unpaired) electrons. The van der Waals surface area contributed by atoms with Crippen molar-refractivity contribution in [2.75, 3.05) is 19.0 Å². The summed E-state index contributed by atoms with van der Waals surface area (Å²) in [6, 6.07) is 0. The number of ketones is 1. The van der Waals surface area contributed by atoms with E-state index in [9.17, 15) is 9.59 Å². The largest absolute Gasteiger partial charge is 0.455 e. The molecule has 0 aliphatic heterocycles. The Labute approximate surface area is 146 Å². The van der Waals surface area contributed by atoms with Crippen molar-refractivity contribution in [3.8, 4) is 0 Å². The fraction of sp³-hybridized carbons (Fsp3) is 0.500. The monoisotopic (exact) mass is 345 g/mol. The molecule has 1 amide bonds. The van der Waals surface area contributed by atoms with E-state index in [-0.39, 0.29) is 22.9 Å². The lowest BCUT2D eigenvalue weighted by Crippen LogP contribution is -2.26. The molecule has 1 aliphatic carbocycles. The van der Waals surface area contributed by atoms with Crippen molar-refractivity contribution in [2.24, 2.45) is 5.41 Å². The van der Waals surface area contributed by atoms with Crippen LogP contribution in [0.4, 0.5) is 5.69 Å². The van der Waals surface area contributed by atoms with Crippen molar-refractivity contribution in [3.63, 3.8) is 0 Å². The lowest BCUT2D eigenvalue weighted by atomic mass is 9.76. The highest BCUT2D eigenvalue weighted by Gasteiger charge is 2.37. The third kappa shape index (κ3) is 3.51. The third-order valence-electron chi connectivity index (χ3n) is 4.40. The predicted molar refractivity (Wildman–Crippen MR) is 91.9 cm³/mol. The molecule has 7 heteroatoms. The van der Waals surface area contributed by atoms with Crippen LogP contribution in [0.25, 0.3) is 0 Å². The van der Waals surface area contributed by atoms with Gasteiger partial charge in [0.25, 0.3) is 5.91 Å². The SMILES string of the molecule is COCCn1cc(NC(=O)c2oc3c(c2C)C(=O)CC(C)(C)C3)cn1. The first-order valence-electron chi connectivity index (χ1n) is 8.29. The van der Waals surface area contributed by atoms with Crippen LogP contribution in [0.15, 0.2) is 16.8 Å². The van der Waals surface area contributed by atoms with Gasteiger partial charge >= 0.3 is 0 Å². The number of hydrogen-bond donors (Lipinski definition) is 1. The van der Waals surface area contributed by atoms with Crippen LogP contribution in [0.5, 0.6) is 0 Å². The van der Waals surface area contributed by atoms with Crippen LogP contribution in [0, 0.1) is 12.3 Å². The number of ether oxygens (including phenoxy) is 1. The Kier molecular flexibility index (Phi) is 4.51. The Morgan fingerprint density at radius 2 is 2.20 bits per heavy atom. The van der Waals surface area contributed by atoms with Crippen LogP contribution in [0.1, 0.15) is 52.5 Å². The van der Waals surface area contributed by atoms with Gasteiger partial charge in [-0.05, 0) is 12.3 Å². The van der Waals surface area contributed by atoms with E-state index in [4.69, 9.17) is 9.15 Å². The van der Waals surface area contributed by atoms with Crippen LogP contribution < -0.4 is 5.32 Å². The molecular weight excluding hydrogens is 322 g/mol. The minimum atomic E-state index is -0.371. The summed E-state index contributed by atoms with van der Waals surface area (Å²) >= 11 is 0. The predicted octanol–water partition coefficient (Wildman–Crippen LogP) is 2.84. The number of Topliss-reactive ketones (excluding diaryl/α,β-unsaturated/α-hetero) is 1. The second-order valence-electron chi connectivity index (χ2n) is 7.23. The Morgan fingerprint density at radius 3 is 2.92 bits per heavy atom. The zero-order valence-corrected chi connectivity index (χ0v) is 15.0. The number of carbonyl (C=O) groups is 2. The first kappa shape index (κ1) is 17.4. The van der Waals surface area contributed by atoms with Gasteiger partial charge in [-0.3, -0.25) is 14.3 Å². The van der Waals surface area contributed by atoms with Crippen molar-refractivity contribution >= 4 is 17.4 Å². The van der Waals surface area contributed by atoms with E-state index in [1.807, 2.05) is 13.8 Å². The van der Waals surface area contributed by atoms with Crippen molar-refractivity contribution < 1.29 is 18.7 Å². The standard InChI is InChI=1S/C18H23N3O4/c1-11-15-13(22)7-18(2,3)8-14(15)25-16(11)17(23)20-12-9-19-21(10-12)5-6-24-4/h9-10H,5-8H2,1-4H3,(H,20,23). The summed E-state index contributed by atoms with van der Waals surface area (Å²) < 4.78 is 12.5. The molecule has 7 nitrogen and oxygen atoms in total. The molecule has 0 bridgehead atoms. The van der Waals surface area contributed by atoms with Gasteiger partial charge in [0.1, 0.15) is 5.76 Å². The molecule has 134 valence electrons. The van der Waals surface area contributed by atoms with Gasteiger partial charge in [-0.15, -0.1) is 0 Å². The number of methoxy groups -OCH3 is 1. The fourth-order valence-corrected chi connectivity index (χ4v) is 3.22. The van der Waals surface area contributed by atoms with Crippen LogP contribution in [0.3, 0.4) is 0 Å². The quantitative estimate of drug-likeness (QED) is 0.900. The molecule has 0 atom stereocenters. The highest BCUT2D eigenvalue weighted by atomic mass is 16.5. The highest BCUT2D eigenvalue weighted by Crippen LogP contribution is 2.38. The number of anilines is 1. The van der Waals surface area contributed by atoms with E-state index in [1.165, 1.54) is 0 Å². The molecule has 25 heavy (non-hydrogen) atoms. The number of amides is 1. The van der Waals surface area contributed by atoms with E-state index in [0.29, 0.717) is 48.6 Å². The minimum Gasteiger partial charge on any atom is -0.455 e. The molecule has 3 rings (SSSR count). The Balaban J connectivity index is 1.79. The normalized spacial score (nSPS) is 15.9. The maximum Gasteiger partial charge on any atom is 0.291 e. The number of aromatic nitrogens is 2. The van der Waals surface area contributed by atoms with Crippen LogP contribution in [0.2, 0.25) is 0 Å². The molecular formula is C18H23N3O4. The van der Waals surface area contributed by atoms with E-state index in [1.54, 1.807) is 31.1 Å². The minimum absolute atomic E-state index is 0.0407. The van der Waals surface area contributed by atoms with Gasteiger partial charge < -0.3 is 14.5 Å². The number of rotatable bonds is 5. The van der Waals surface area contributed by atoms with Gasteiger partial charge in [0.05, 0.1) is 30.6 Å². The van der Waals surface area contributed by atoms with Gasteiger partial charge in [-0.1, -0.05) is 13.8 Å². The maximum absolute atomic E-state index is 12.6. The summed E-state index contributed by atoms with van der Waals surface area (Å²) in [6.07, 6.45) is 4.41. The van der Waals surface area contributed by atoms with Gasteiger partial charge in [-0.25, -0.2) is 0 Å². The summed E-state index contributed by atoms with van der Waals surface area (Å²) in [6.45, 7) is 6.95. The molecule has 0 saturated carbocycles. The fourth-order valence-electron chi connectivity index (χ4n) is 3.22. The third-order valence-corrected chi connectivity index (χ3v) is 4.40. The smallest absolute Gasteiger partial charge is 0.291 e. The molecule has 0 aromatic carbocycles. The highest BCUT2D eigenvalue weighted by molar-refractivity contribution is 6.07. The first-order valence-corrected chi connectivity index (χ1v) is 8.29. The van der Waals surface area contributed by atoms with Crippen molar-refractivity contribution in [1.29, 1.82) is 0 Å². The van der Waals surface area contributed by atoms with Gasteiger partial charge in [-0.2, -0.15) is 5.10 Å². The molecule has 0 spiro atoms. The maximum atomic E-state index is 12.6. The molecule has 1 N–H and O–H groups in total. The molecule has 2 heterocycles. The van der Waals surface area contributed by atoms with Crippen LogP contribution in [-0.2, 0) is 17.7 Å². The first-order chi connectivity index (χ1) is 11.8. The Hall–Kier alpha value is -2.41. The van der Waals surface area contributed by atoms with Gasteiger partial charge in [0.15, 0.2) is 11.5 Å². The lowest BCUT2D eigenvalue weighted by Gasteiger charge is -2.27. The number of nitrogens with zero attached hydrogens (tertiary/aromatic N) is 2. The molecule has 2 aromatic rings. The van der Waals surface area contributed by atoms with Gasteiger partial charge in [0.2, 0.25) is 0 Å². The summed E-state index contributed by atoms with van der Waals surface area (Å²) in [5.74, 6) is 0.475. The average Bonchev–Trinajstić information content (AvgIpc) is 3.08. The van der Waals surface area contributed by atoms with E-state index < -0.39 is 0 Å². The number of nitrogens with one attached hydrogen (secondary N) is 1. The number of fused-ring (bicyclic) bond motifs is 1. The average molecular weight is 345 g/mol. The number of carbonyl (C=O) groups excluding carboxylic acids is 2. The Morgan fingerprint density at radius 1 is 1.44 bits per heavy atom. The summed E-state index contributed by atoms with van der Waals surface area (Å²) in [5, 5.41) is 6.93. The second kappa shape index (κ2) is 6.48. The molecule has 0 saturated heterocycles. The van der Waals surface area contributed by atoms with Crippen molar-refractivity contribution in [1.82, 2.24) is 9.78 Å². The zero-order valence-electron chi connectivity index (χ0n) is 15.0. The molecule has 2 aromatic heterocycles. The van der Waals surface area contributed by atoms with E-state index in [2.05, 4.69) is 10.4 Å². The van der Waals surface area contributed by atoms with E-state index in [0.717, 1.165) is 0 Å². The summed E-state index contributed by atoms with van der Waals surface area (Å²) in [5.41, 5.74) is 1.60. The topological polar surface area (TPSA) is 86.4 Å². The zero-order chi connectivity index (χ0) is 18.2. The molecule has 0 fully saturated rings. The lowest BCUT2D eigenvalue weighted by molar-refractivity contribution is 0.0898. The second-order valence-corrected chi connectivity index (χ2v) is 7.23.